The van der Waals surface area contributed by atoms with Crippen molar-refractivity contribution < 1.29 is 19.1 Å². The zero-order chi connectivity index (χ0) is 24.9. The molecule has 184 valence electrons. The molecular weight excluding hydrogens is 561 g/mol. The third-order valence-corrected chi connectivity index (χ3v) is 6.25. The summed E-state index contributed by atoms with van der Waals surface area (Å²) in [6, 6.07) is 7.90. The van der Waals surface area contributed by atoms with E-state index in [2.05, 4.69) is 36.6 Å². The van der Waals surface area contributed by atoms with Gasteiger partial charge in [-0.1, -0.05) is 36.5 Å². The standard InChI is InChI=1S/C23H22BrCl2N5O4/c1-2-3-6-28-22(32)15-8-13(25)9-16(24)20(15)29-23(33)18-10-19(35-14-11-34-12-14)30-31(18)21-17(26)5-4-7-27-21/h4-5,7-10,14H,2-3,6,11-12H2,1H3,(H,28,32)(H,29,33). The fourth-order valence-electron chi connectivity index (χ4n) is 3.26. The summed E-state index contributed by atoms with van der Waals surface area (Å²) in [5.41, 5.74) is 0.599. The predicted molar refractivity (Wildman–Crippen MR) is 136 cm³/mol. The van der Waals surface area contributed by atoms with E-state index in [1.165, 1.54) is 16.8 Å². The Morgan fingerprint density at radius 3 is 2.74 bits per heavy atom. The first kappa shape index (κ1) is 25.4. The molecule has 1 aliphatic rings. The van der Waals surface area contributed by atoms with Gasteiger partial charge in [-0.2, -0.15) is 0 Å². The lowest BCUT2D eigenvalue weighted by Crippen LogP contribution is -2.38. The van der Waals surface area contributed by atoms with Crippen molar-refractivity contribution in [1.29, 1.82) is 0 Å². The highest BCUT2D eigenvalue weighted by Gasteiger charge is 2.26. The van der Waals surface area contributed by atoms with Gasteiger partial charge in [-0.15, -0.1) is 5.10 Å². The van der Waals surface area contributed by atoms with Gasteiger partial charge in [-0.05, 0) is 46.6 Å². The Bertz CT molecular complexity index is 1250. The van der Waals surface area contributed by atoms with Crippen LogP contribution in [0.1, 0.15) is 40.6 Å². The van der Waals surface area contributed by atoms with Gasteiger partial charge in [0.2, 0.25) is 5.88 Å². The van der Waals surface area contributed by atoms with Crippen LogP contribution in [-0.2, 0) is 4.74 Å². The number of unbranched alkanes of at least 4 members (excludes halogenated alkanes) is 1. The van der Waals surface area contributed by atoms with E-state index in [-0.39, 0.29) is 40.7 Å². The summed E-state index contributed by atoms with van der Waals surface area (Å²) < 4.78 is 12.7. The molecule has 12 heteroatoms. The van der Waals surface area contributed by atoms with Crippen molar-refractivity contribution in [3.8, 4) is 11.7 Å². The van der Waals surface area contributed by atoms with Gasteiger partial charge in [0.15, 0.2) is 5.82 Å². The largest absolute Gasteiger partial charge is 0.468 e. The molecule has 1 aromatic carbocycles. The van der Waals surface area contributed by atoms with Crippen molar-refractivity contribution in [1.82, 2.24) is 20.1 Å². The van der Waals surface area contributed by atoms with Crippen molar-refractivity contribution in [2.45, 2.75) is 25.9 Å². The second-order valence-electron chi connectivity index (χ2n) is 7.74. The predicted octanol–water partition coefficient (Wildman–Crippen LogP) is 4.90. The van der Waals surface area contributed by atoms with E-state index < -0.39 is 5.91 Å². The lowest BCUT2D eigenvalue weighted by molar-refractivity contribution is -0.0814. The first-order valence-electron chi connectivity index (χ1n) is 10.9. The van der Waals surface area contributed by atoms with E-state index >= 15 is 0 Å². The third-order valence-electron chi connectivity index (χ3n) is 5.11. The number of benzene rings is 1. The maximum absolute atomic E-state index is 13.5. The Morgan fingerprint density at radius 2 is 2.06 bits per heavy atom. The number of aromatic nitrogens is 3. The second-order valence-corrected chi connectivity index (χ2v) is 9.44. The van der Waals surface area contributed by atoms with Gasteiger partial charge in [-0.25, -0.2) is 9.67 Å². The molecule has 1 fully saturated rings. The molecule has 0 saturated carbocycles. The van der Waals surface area contributed by atoms with E-state index in [1.807, 2.05) is 6.92 Å². The molecular formula is C23H22BrCl2N5O4. The second kappa shape index (κ2) is 11.4. The Labute approximate surface area is 220 Å². The molecule has 3 aromatic rings. The quantitative estimate of drug-likeness (QED) is 0.348. The van der Waals surface area contributed by atoms with E-state index in [0.29, 0.717) is 34.3 Å². The van der Waals surface area contributed by atoms with Gasteiger partial charge in [-0.3, -0.25) is 9.59 Å². The topological polar surface area (TPSA) is 107 Å². The summed E-state index contributed by atoms with van der Waals surface area (Å²) in [7, 11) is 0. The first-order chi connectivity index (χ1) is 16.9. The summed E-state index contributed by atoms with van der Waals surface area (Å²) >= 11 is 15.9. The van der Waals surface area contributed by atoms with E-state index in [1.54, 1.807) is 24.4 Å². The number of rotatable bonds is 9. The molecule has 2 aromatic heterocycles. The highest BCUT2D eigenvalue weighted by Crippen LogP contribution is 2.32. The number of nitrogens with one attached hydrogen (secondary N) is 2. The SMILES string of the molecule is CCCCNC(=O)c1cc(Cl)cc(Br)c1NC(=O)c1cc(OC2COC2)nn1-c1ncccc1Cl. The number of amides is 2. The van der Waals surface area contributed by atoms with Crippen LogP contribution in [0.15, 0.2) is 41.0 Å². The van der Waals surface area contributed by atoms with Gasteiger partial charge in [0, 0.05) is 28.3 Å². The van der Waals surface area contributed by atoms with Crippen LogP contribution >= 0.6 is 39.1 Å². The Hall–Kier alpha value is -2.66. The molecule has 1 aliphatic heterocycles. The van der Waals surface area contributed by atoms with Crippen LogP contribution in [0.3, 0.4) is 0 Å². The number of ether oxygens (including phenoxy) is 2. The molecule has 4 rings (SSSR count). The van der Waals surface area contributed by atoms with E-state index in [9.17, 15) is 9.59 Å². The molecule has 9 nitrogen and oxygen atoms in total. The number of nitrogens with zero attached hydrogens (tertiary/aromatic N) is 3. The maximum Gasteiger partial charge on any atom is 0.274 e. The fourth-order valence-corrected chi connectivity index (χ4v) is 4.37. The molecule has 35 heavy (non-hydrogen) atoms. The number of carbonyl (C=O) groups is 2. The zero-order valence-electron chi connectivity index (χ0n) is 18.7. The molecule has 3 heterocycles. The highest BCUT2D eigenvalue weighted by atomic mass is 79.9. The Morgan fingerprint density at radius 1 is 1.26 bits per heavy atom. The summed E-state index contributed by atoms with van der Waals surface area (Å²) in [5.74, 6) is -0.429. The smallest absolute Gasteiger partial charge is 0.274 e. The van der Waals surface area contributed by atoms with Crippen LogP contribution in [0, 0.1) is 0 Å². The van der Waals surface area contributed by atoms with Crippen LogP contribution in [0.5, 0.6) is 5.88 Å². The number of hydrogen-bond acceptors (Lipinski definition) is 6. The zero-order valence-corrected chi connectivity index (χ0v) is 21.8. The lowest BCUT2D eigenvalue weighted by Gasteiger charge is -2.25. The van der Waals surface area contributed by atoms with Crippen LogP contribution in [0.25, 0.3) is 5.82 Å². The molecule has 0 radical (unpaired) electrons. The van der Waals surface area contributed by atoms with Gasteiger partial charge in [0.1, 0.15) is 11.8 Å². The number of hydrogen-bond donors (Lipinski definition) is 2. The summed E-state index contributed by atoms with van der Waals surface area (Å²) in [6.07, 6.45) is 3.14. The number of pyridine rings is 1. The van der Waals surface area contributed by atoms with Gasteiger partial charge >= 0.3 is 0 Å². The van der Waals surface area contributed by atoms with E-state index in [0.717, 1.165) is 12.8 Å². The summed E-state index contributed by atoms with van der Waals surface area (Å²) in [6.45, 7) is 3.41. The monoisotopic (exact) mass is 581 g/mol. The molecule has 0 atom stereocenters. The van der Waals surface area contributed by atoms with Crippen molar-refractivity contribution in [2.75, 3.05) is 25.1 Å². The highest BCUT2D eigenvalue weighted by molar-refractivity contribution is 9.10. The van der Waals surface area contributed by atoms with Crippen molar-refractivity contribution in [3.63, 3.8) is 0 Å². The van der Waals surface area contributed by atoms with Crippen molar-refractivity contribution in [2.24, 2.45) is 0 Å². The van der Waals surface area contributed by atoms with Crippen molar-refractivity contribution >= 4 is 56.6 Å². The Balaban J connectivity index is 1.68. The van der Waals surface area contributed by atoms with Gasteiger partial charge < -0.3 is 20.1 Å². The molecule has 2 amide bonds. The molecule has 2 N–H and O–H groups in total. The minimum atomic E-state index is -0.551. The number of anilines is 1. The van der Waals surface area contributed by atoms with Crippen LogP contribution in [0.4, 0.5) is 5.69 Å². The van der Waals surface area contributed by atoms with Crippen molar-refractivity contribution in [3.05, 3.63) is 62.3 Å². The molecule has 0 unspecified atom stereocenters. The van der Waals surface area contributed by atoms with Gasteiger partial charge in [0.05, 0.1) is 29.5 Å². The molecule has 1 saturated heterocycles. The number of halogens is 3. The summed E-state index contributed by atoms with van der Waals surface area (Å²) in [4.78, 5) is 30.6. The minimum Gasteiger partial charge on any atom is -0.468 e. The fraction of sp³-hybridized carbons (Fsp3) is 0.304. The molecule has 0 aliphatic carbocycles. The maximum atomic E-state index is 13.5. The van der Waals surface area contributed by atoms with Crippen LogP contribution in [-0.4, -0.2) is 52.4 Å². The normalized spacial score (nSPS) is 13.3. The molecule has 0 bridgehead atoms. The molecule has 0 spiro atoms. The minimum absolute atomic E-state index is 0.111. The van der Waals surface area contributed by atoms with Gasteiger partial charge in [0.25, 0.3) is 11.8 Å². The summed E-state index contributed by atoms with van der Waals surface area (Å²) in [5, 5.41) is 10.7. The first-order valence-corrected chi connectivity index (χ1v) is 12.5. The number of carbonyl (C=O) groups excluding carboxylic acids is 2. The Kier molecular flexibility index (Phi) is 8.27. The van der Waals surface area contributed by atoms with E-state index in [4.69, 9.17) is 32.7 Å². The third kappa shape index (κ3) is 5.95. The van der Waals surface area contributed by atoms with Crippen LogP contribution in [0.2, 0.25) is 10.0 Å². The lowest BCUT2D eigenvalue weighted by atomic mass is 10.1. The average Bonchev–Trinajstić information content (AvgIpc) is 3.22. The average molecular weight is 583 g/mol. The van der Waals surface area contributed by atoms with Crippen LogP contribution < -0.4 is 15.4 Å².